The highest BCUT2D eigenvalue weighted by molar-refractivity contribution is 7.16. The molecule has 1 aromatic carbocycles. The third-order valence-electron chi connectivity index (χ3n) is 2.74. The number of rotatable bonds is 7. The molecule has 21 heavy (non-hydrogen) atoms. The fraction of sp³-hybridized carbons (Fsp3) is 0.286. The van der Waals surface area contributed by atoms with Gasteiger partial charge in [-0.2, -0.15) is 8.78 Å². The number of hydrogen-bond acceptors (Lipinski definition) is 4. The van der Waals surface area contributed by atoms with Gasteiger partial charge >= 0.3 is 6.61 Å². The molecule has 2 N–H and O–H groups in total. The molecule has 7 heteroatoms. The van der Waals surface area contributed by atoms with Crippen LogP contribution in [0.1, 0.15) is 16.5 Å². The van der Waals surface area contributed by atoms with E-state index in [1.807, 2.05) is 0 Å². The molecule has 0 amide bonds. The smallest absolute Gasteiger partial charge is 0.387 e. The third-order valence-corrected chi connectivity index (χ3v) is 4.07. The van der Waals surface area contributed by atoms with Gasteiger partial charge in [-0.05, 0) is 29.8 Å². The molecule has 0 saturated heterocycles. The van der Waals surface area contributed by atoms with Crippen molar-refractivity contribution in [2.24, 2.45) is 0 Å². The minimum absolute atomic E-state index is 0.127. The van der Waals surface area contributed by atoms with Crippen molar-refractivity contribution in [3.8, 4) is 5.75 Å². The van der Waals surface area contributed by atoms with E-state index in [0.29, 0.717) is 17.4 Å². The van der Waals surface area contributed by atoms with E-state index in [4.69, 9.17) is 11.6 Å². The van der Waals surface area contributed by atoms with Crippen LogP contribution in [0.4, 0.5) is 8.78 Å². The van der Waals surface area contributed by atoms with E-state index in [2.05, 4.69) is 10.1 Å². The maximum atomic E-state index is 12.0. The Morgan fingerprint density at radius 2 is 1.90 bits per heavy atom. The predicted molar refractivity (Wildman–Crippen MR) is 79.1 cm³/mol. The summed E-state index contributed by atoms with van der Waals surface area (Å²) in [6, 6.07) is 9.89. The summed E-state index contributed by atoms with van der Waals surface area (Å²) >= 11 is 7.14. The molecular formula is C14H14ClF2NO2S. The van der Waals surface area contributed by atoms with Crippen molar-refractivity contribution in [2.45, 2.75) is 19.3 Å². The molecule has 0 aliphatic rings. The van der Waals surface area contributed by atoms with E-state index in [1.165, 1.54) is 23.5 Å². The van der Waals surface area contributed by atoms with Crippen molar-refractivity contribution < 1.29 is 18.6 Å². The number of alkyl halides is 2. The molecule has 1 aromatic heterocycles. The minimum atomic E-state index is -2.82. The molecule has 3 nitrogen and oxygen atoms in total. The van der Waals surface area contributed by atoms with Crippen molar-refractivity contribution in [1.82, 2.24) is 5.32 Å². The van der Waals surface area contributed by atoms with Gasteiger partial charge in [0.2, 0.25) is 0 Å². The molecule has 0 aliphatic carbocycles. The van der Waals surface area contributed by atoms with Gasteiger partial charge in [0.15, 0.2) is 0 Å². The molecule has 0 spiro atoms. The summed E-state index contributed by atoms with van der Waals surface area (Å²) in [6.45, 7) is -1.92. The molecule has 114 valence electrons. The van der Waals surface area contributed by atoms with Crippen molar-refractivity contribution in [3.63, 3.8) is 0 Å². The summed E-state index contributed by atoms with van der Waals surface area (Å²) in [7, 11) is 0. The highest BCUT2D eigenvalue weighted by Gasteiger charge is 2.09. The molecule has 0 fully saturated rings. The minimum Gasteiger partial charge on any atom is -0.435 e. The van der Waals surface area contributed by atoms with E-state index < -0.39 is 12.7 Å². The maximum Gasteiger partial charge on any atom is 0.387 e. The molecule has 1 unspecified atom stereocenters. The first-order valence-corrected chi connectivity index (χ1v) is 7.42. The monoisotopic (exact) mass is 333 g/mol. The molecular weight excluding hydrogens is 320 g/mol. The van der Waals surface area contributed by atoms with Gasteiger partial charge < -0.3 is 15.2 Å². The number of hydrogen-bond donors (Lipinski definition) is 2. The van der Waals surface area contributed by atoms with Crippen LogP contribution in [0.3, 0.4) is 0 Å². The van der Waals surface area contributed by atoms with Gasteiger partial charge in [0, 0.05) is 18.0 Å². The van der Waals surface area contributed by atoms with E-state index in [0.717, 1.165) is 10.4 Å². The van der Waals surface area contributed by atoms with Crippen LogP contribution in [0.5, 0.6) is 5.75 Å². The summed E-state index contributed by atoms with van der Waals surface area (Å²) in [5.74, 6) is 0.127. The van der Waals surface area contributed by atoms with Crippen molar-refractivity contribution in [1.29, 1.82) is 0 Å². The fourth-order valence-corrected chi connectivity index (χ4v) is 2.80. The quantitative estimate of drug-likeness (QED) is 0.809. The second kappa shape index (κ2) is 7.70. The highest BCUT2D eigenvalue weighted by Crippen LogP contribution is 2.26. The van der Waals surface area contributed by atoms with Crippen molar-refractivity contribution >= 4 is 22.9 Å². The van der Waals surface area contributed by atoms with E-state index in [-0.39, 0.29) is 5.75 Å². The molecule has 2 aromatic rings. The summed E-state index contributed by atoms with van der Waals surface area (Å²) in [6.07, 6.45) is -0.621. The van der Waals surface area contributed by atoms with Gasteiger partial charge in [0.25, 0.3) is 0 Å². The van der Waals surface area contributed by atoms with Crippen LogP contribution in [0.25, 0.3) is 0 Å². The number of halogens is 3. The lowest BCUT2D eigenvalue weighted by Crippen LogP contribution is -2.20. The molecule has 0 saturated carbocycles. The molecule has 2 rings (SSSR count). The average molecular weight is 334 g/mol. The largest absolute Gasteiger partial charge is 0.435 e. The van der Waals surface area contributed by atoms with Gasteiger partial charge in [-0.25, -0.2) is 0 Å². The molecule has 0 radical (unpaired) electrons. The lowest BCUT2D eigenvalue weighted by atomic mass is 10.2. The van der Waals surface area contributed by atoms with Gasteiger partial charge in [0.05, 0.1) is 4.34 Å². The highest BCUT2D eigenvalue weighted by atomic mass is 35.5. The zero-order valence-corrected chi connectivity index (χ0v) is 12.5. The van der Waals surface area contributed by atoms with Crippen LogP contribution in [0.15, 0.2) is 36.4 Å². The van der Waals surface area contributed by atoms with E-state index in [9.17, 15) is 13.9 Å². The lowest BCUT2D eigenvalue weighted by molar-refractivity contribution is -0.0498. The average Bonchev–Trinajstić information content (AvgIpc) is 2.87. The summed E-state index contributed by atoms with van der Waals surface area (Å²) in [4.78, 5) is 0.799. The zero-order valence-electron chi connectivity index (χ0n) is 10.9. The Morgan fingerprint density at radius 1 is 1.19 bits per heavy atom. The SMILES string of the molecule is OC(CNCc1ccc(OC(F)F)cc1)c1ccc(Cl)s1. The zero-order chi connectivity index (χ0) is 15.2. The maximum absolute atomic E-state index is 12.0. The second-order valence-electron chi connectivity index (χ2n) is 4.31. The molecule has 1 heterocycles. The van der Waals surface area contributed by atoms with Crippen LogP contribution in [-0.2, 0) is 6.54 Å². The first-order chi connectivity index (χ1) is 10.0. The fourth-order valence-electron chi connectivity index (χ4n) is 1.75. The Kier molecular flexibility index (Phi) is 5.93. The van der Waals surface area contributed by atoms with Crippen molar-refractivity contribution in [3.05, 3.63) is 51.2 Å². The van der Waals surface area contributed by atoms with Crippen LogP contribution in [0, 0.1) is 0 Å². The van der Waals surface area contributed by atoms with Crippen molar-refractivity contribution in [2.75, 3.05) is 6.54 Å². The van der Waals surface area contributed by atoms with Gasteiger partial charge in [-0.1, -0.05) is 23.7 Å². The van der Waals surface area contributed by atoms with Gasteiger partial charge in [0.1, 0.15) is 11.9 Å². The summed E-state index contributed by atoms with van der Waals surface area (Å²) in [5, 5.41) is 13.0. The van der Waals surface area contributed by atoms with Gasteiger partial charge in [-0.3, -0.25) is 0 Å². The normalized spacial score (nSPS) is 12.6. The van der Waals surface area contributed by atoms with E-state index >= 15 is 0 Å². The van der Waals surface area contributed by atoms with E-state index in [1.54, 1.807) is 24.3 Å². The number of ether oxygens (including phenoxy) is 1. The summed E-state index contributed by atoms with van der Waals surface area (Å²) in [5.41, 5.74) is 0.910. The summed E-state index contributed by atoms with van der Waals surface area (Å²) < 4.78 is 28.9. The Balaban J connectivity index is 1.78. The van der Waals surface area contributed by atoms with Crippen LogP contribution >= 0.6 is 22.9 Å². The Bertz CT molecular complexity index is 562. The first-order valence-electron chi connectivity index (χ1n) is 6.22. The third kappa shape index (κ3) is 5.24. The standard InChI is InChI=1S/C14H14ClF2NO2S/c15-13-6-5-12(21-13)11(19)8-18-7-9-1-3-10(4-2-9)20-14(16)17/h1-6,11,14,18-19H,7-8H2. The topological polar surface area (TPSA) is 41.5 Å². The van der Waals surface area contributed by atoms with Crippen LogP contribution in [0.2, 0.25) is 4.34 Å². The first kappa shape index (κ1) is 16.2. The van der Waals surface area contributed by atoms with Crippen LogP contribution < -0.4 is 10.1 Å². The Labute approximate surface area is 130 Å². The Morgan fingerprint density at radius 3 is 2.48 bits per heavy atom. The molecule has 0 bridgehead atoms. The number of aliphatic hydroxyl groups is 1. The number of aliphatic hydroxyl groups excluding tert-OH is 1. The molecule has 0 aliphatic heterocycles. The van der Waals surface area contributed by atoms with Gasteiger partial charge in [-0.15, -0.1) is 11.3 Å². The van der Waals surface area contributed by atoms with Crippen LogP contribution in [-0.4, -0.2) is 18.3 Å². The molecule has 1 atom stereocenters. The predicted octanol–water partition coefficient (Wildman–Crippen LogP) is 3.83. The lowest BCUT2D eigenvalue weighted by Gasteiger charge is -2.10. The number of benzene rings is 1. The number of thiophene rings is 1. The Hall–Kier alpha value is -1.21. The second-order valence-corrected chi connectivity index (χ2v) is 6.06. The number of nitrogens with one attached hydrogen (secondary N) is 1.